The van der Waals surface area contributed by atoms with Gasteiger partial charge in [0.2, 0.25) is 0 Å². The Balaban J connectivity index is 1.38. The van der Waals surface area contributed by atoms with Gasteiger partial charge in [-0.25, -0.2) is 19.2 Å². The van der Waals surface area contributed by atoms with Crippen LogP contribution in [0.3, 0.4) is 0 Å². The summed E-state index contributed by atoms with van der Waals surface area (Å²) in [5.41, 5.74) is 0.187. The predicted octanol–water partition coefficient (Wildman–Crippen LogP) is 6.68. The molecule has 2 saturated heterocycles. The summed E-state index contributed by atoms with van der Waals surface area (Å²) in [5.74, 6) is 0.802. The topological polar surface area (TPSA) is 89.0 Å². The number of carbonyl (C=O) groups is 1. The van der Waals surface area contributed by atoms with Crippen LogP contribution in [-0.4, -0.2) is 76.9 Å². The van der Waals surface area contributed by atoms with Crippen LogP contribution in [0.2, 0.25) is 10.0 Å². The van der Waals surface area contributed by atoms with Crippen molar-refractivity contribution in [2.24, 2.45) is 0 Å². The van der Waals surface area contributed by atoms with Crippen molar-refractivity contribution in [2.45, 2.75) is 51.7 Å². The maximum atomic E-state index is 14.8. The highest BCUT2D eigenvalue weighted by molar-refractivity contribution is 6.42. The van der Waals surface area contributed by atoms with Gasteiger partial charge in [0, 0.05) is 43.9 Å². The van der Waals surface area contributed by atoms with Crippen LogP contribution in [-0.2, 0) is 4.74 Å². The van der Waals surface area contributed by atoms with Crippen molar-refractivity contribution in [2.75, 3.05) is 44.6 Å². The summed E-state index contributed by atoms with van der Waals surface area (Å²) in [5, 5.41) is 3.58. The number of piperidine rings is 1. The third-order valence-corrected chi connectivity index (χ3v) is 7.77. The van der Waals surface area contributed by atoms with Crippen LogP contribution in [0, 0.1) is 5.82 Å². The highest BCUT2D eigenvalue weighted by atomic mass is 35.5. The van der Waals surface area contributed by atoms with Crippen molar-refractivity contribution in [3.05, 3.63) is 46.5 Å². The monoisotopic (exact) mass is 605 g/mol. The molecule has 0 radical (unpaired) electrons. The minimum absolute atomic E-state index is 0.121. The Hall–Kier alpha value is -3.08. The molecule has 12 heteroatoms. The molecule has 5 rings (SSSR count). The standard InChI is InChI=1S/C29H34Cl2FN5O4/c1-29(2,3)41-28(38)37-11-7-18(8-12-37)40-24-15-19-22(16-23(24)39-14-13-36-9-4-10-36)33-17-34-27(19)35-21-6-5-20(30)25(31)26(21)32/h5-6,15-18H,4,7-14H2,1-3H3,(H,33,34,35). The summed E-state index contributed by atoms with van der Waals surface area (Å²) in [7, 11) is 0. The van der Waals surface area contributed by atoms with Crippen molar-refractivity contribution in [1.29, 1.82) is 0 Å². The number of halogens is 3. The molecular formula is C29H34Cl2FN5O4. The average molecular weight is 607 g/mol. The highest BCUT2D eigenvalue weighted by Gasteiger charge is 2.28. The fourth-order valence-electron chi connectivity index (χ4n) is 4.67. The van der Waals surface area contributed by atoms with Crippen LogP contribution < -0.4 is 14.8 Å². The number of benzene rings is 2. The molecule has 9 nitrogen and oxygen atoms in total. The number of anilines is 2. The molecule has 2 aromatic carbocycles. The van der Waals surface area contributed by atoms with Crippen LogP contribution in [0.25, 0.3) is 10.9 Å². The molecule has 220 valence electrons. The van der Waals surface area contributed by atoms with Gasteiger partial charge in [-0.05, 0) is 58.5 Å². The first kappa shape index (κ1) is 29.4. The summed E-state index contributed by atoms with van der Waals surface area (Å²) >= 11 is 12.0. The highest BCUT2D eigenvalue weighted by Crippen LogP contribution is 2.38. The second-order valence-electron chi connectivity index (χ2n) is 11.2. The van der Waals surface area contributed by atoms with Gasteiger partial charge in [0.1, 0.15) is 30.5 Å². The number of hydrogen-bond acceptors (Lipinski definition) is 8. The minimum Gasteiger partial charge on any atom is -0.488 e. The molecule has 2 aliphatic rings. The number of aromatic nitrogens is 2. The van der Waals surface area contributed by atoms with Gasteiger partial charge in [-0.3, -0.25) is 4.90 Å². The lowest BCUT2D eigenvalue weighted by atomic mass is 10.1. The number of ether oxygens (including phenoxy) is 3. The molecule has 0 bridgehead atoms. The molecule has 0 atom stereocenters. The second kappa shape index (κ2) is 12.4. The first-order valence-corrected chi connectivity index (χ1v) is 14.5. The largest absolute Gasteiger partial charge is 0.488 e. The second-order valence-corrected chi connectivity index (χ2v) is 12.0. The van der Waals surface area contributed by atoms with E-state index in [2.05, 4.69) is 20.2 Å². The van der Waals surface area contributed by atoms with Gasteiger partial charge >= 0.3 is 6.09 Å². The first-order chi connectivity index (χ1) is 19.6. The van der Waals surface area contributed by atoms with Gasteiger partial charge in [-0.1, -0.05) is 23.2 Å². The number of hydrogen-bond donors (Lipinski definition) is 1. The van der Waals surface area contributed by atoms with E-state index in [4.69, 9.17) is 37.4 Å². The smallest absolute Gasteiger partial charge is 0.410 e. The third kappa shape index (κ3) is 7.23. The van der Waals surface area contributed by atoms with E-state index < -0.39 is 11.4 Å². The van der Waals surface area contributed by atoms with E-state index in [1.807, 2.05) is 32.9 Å². The Morgan fingerprint density at radius 1 is 1.10 bits per heavy atom. The zero-order valence-electron chi connectivity index (χ0n) is 23.4. The third-order valence-electron chi connectivity index (χ3n) is 6.99. The molecule has 2 aliphatic heterocycles. The quantitative estimate of drug-likeness (QED) is 0.284. The number of likely N-dealkylation sites (tertiary alicyclic amines) is 2. The minimum atomic E-state index is -0.676. The first-order valence-electron chi connectivity index (χ1n) is 13.8. The van der Waals surface area contributed by atoms with E-state index in [1.54, 1.807) is 4.90 Å². The van der Waals surface area contributed by atoms with Crippen molar-refractivity contribution >= 4 is 51.7 Å². The fraction of sp³-hybridized carbons (Fsp3) is 0.483. The van der Waals surface area contributed by atoms with E-state index in [0.717, 1.165) is 19.6 Å². The normalized spacial score (nSPS) is 16.4. The zero-order chi connectivity index (χ0) is 29.1. The molecule has 3 heterocycles. The Labute approximate surface area is 248 Å². The summed E-state index contributed by atoms with van der Waals surface area (Å²) in [4.78, 5) is 25.3. The molecule has 1 aromatic heterocycles. The van der Waals surface area contributed by atoms with Crippen molar-refractivity contribution in [3.63, 3.8) is 0 Å². The van der Waals surface area contributed by atoms with Gasteiger partial charge in [-0.15, -0.1) is 0 Å². The number of carbonyl (C=O) groups excluding carboxylic acids is 1. The maximum absolute atomic E-state index is 14.8. The van der Waals surface area contributed by atoms with E-state index in [0.29, 0.717) is 60.8 Å². The number of nitrogens with zero attached hydrogens (tertiary/aromatic N) is 4. The number of rotatable bonds is 8. The Kier molecular flexibility index (Phi) is 8.91. The van der Waals surface area contributed by atoms with Crippen molar-refractivity contribution in [1.82, 2.24) is 19.8 Å². The van der Waals surface area contributed by atoms with Gasteiger partial charge in [0.25, 0.3) is 0 Å². The predicted molar refractivity (Wildman–Crippen MR) is 157 cm³/mol. The summed E-state index contributed by atoms with van der Waals surface area (Å²) in [6.07, 6.45) is 3.41. The molecule has 41 heavy (non-hydrogen) atoms. The maximum Gasteiger partial charge on any atom is 0.410 e. The molecule has 2 fully saturated rings. The van der Waals surface area contributed by atoms with E-state index in [9.17, 15) is 9.18 Å². The van der Waals surface area contributed by atoms with Crippen molar-refractivity contribution < 1.29 is 23.4 Å². The fourth-order valence-corrected chi connectivity index (χ4v) is 4.98. The van der Waals surface area contributed by atoms with Crippen LogP contribution in [0.5, 0.6) is 11.5 Å². The Bertz CT molecular complexity index is 1410. The number of nitrogens with one attached hydrogen (secondary N) is 1. The van der Waals surface area contributed by atoms with Crippen LogP contribution in [0.1, 0.15) is 40.0 Å². The summed E-state index contributed by atoms with van der Waals surface area (Å²) in [6.45, 7) is 10.1. The number of amides is 1. The lowest BCUT2D eigenvalue weighted by Crippen LogP contribution is -2.44. The van der Waals surface area contributed by atoms with Gasteiger partial charge in [0.15, 0.2) is 17.3 Å². The molecule has 0 unspecified atom stereocenters. The SMILES string of the molecule is CC(C)(C)OC(=O)N1CCC(Oc2cc3c(Nc4ccc(Cl)c(Cl)c4F)ncnc3cc2OCCN2CCC2)CC1. The molecule has 3 aromatic rings. The average Bonchev–Trinajstić information content (AvgIpc) is 2.90. The Morgan fingerprint density at radius 3 is 2.54 bits per heavy atom. The van der Waals surface area contributed by atoms with E-state index >= 15 is 0 Å². The molecule has 0 aliphatic carbocycles. The van der Waals surface area contributed by atoms with Gasteiger partial charge in [0.05, 0.1) is 21.2 Å². The van der Waals surface area contributed by atoms with E-state index in [-0.39, 0.29) is 27.9 Å². The molecule has 1 amide bonds. The van der Waals surface area contributed by atoms with Crippen molar-refractivity contribution in [3.8, 4) is 11.5 Å². The molecule has 0 saturated carbocycles. The van der Waals surface area contributed by atoms with Crippen LogP contribution in [0.15, 0.2) is 30.6 Å². The van der Waals surface area contributed by atoms with Gasteiger partial charge < -0.3 is 24.4 Å². The Morgan fingerprint density at radius 2 is 1.85 bits per heavy atom. The van der Waals surface area contributed by atoms with Crippen LogP contribution in [0.4, 0.5) is 20.7 Å². The van der Waals surface area contributed by atoms with Gasteiger partial charge in [-0.2, -0.15) is 0 Å². The summed E-state index contributed by atoms with van der Waals surface area (Å²) < 4.78 is 33.0. The number of fused-ring (bicyclic) bond motifs is 1. The lowest BCUT2D eigenvalue weighted by molar-refractivity contribution is 0.0123. The molecular weight excluding hydrogens is 572 g/mol. The molecule has 0 spiro atoms. The van der Waals surface area contributed by atoms with Crippen LogP contribution >= 0.6 is 23.2 Å². The van der Waals surface area contributed by atoms with E-state index in [1.165, 1.54) is 24.9 Å². The zero-order valence-corrected chi connectivity index (χ0v) is 24.9. The molecule has 1 N–H and O–H groups in total. The lowest BCUT2D eigenvalue weighted by Gasteiger charge is -2.34. The summed E-state index contributed by atoms with van der Waals surface area (Å²) in [6, 6.07) is 6.64.